The Balaban J connectivity index is 1.40. The molecule has 0 atom stereocenters. The maximum atomic E-state index is 12.2. The van der Waals surface area contributed by atoms with Crippen molar-refractivity contribution in [3.05, 3.63) is 82.8 Å². The Kier molecular flexibility index (Phi) is 6.00. The number of aromatic nitrogens is 2. The highest BCUT2D eigenvalue weighted by Gasteiger charge is 2.09. The Morgan fingerprint density at radius 3 is 2.52 bits per heavy atom. The van der Waals surface area contributed by atoms with E-state index in [9.17, 15) is 4.79 Å². The lowest BCUT2D eigenvalue weighted by atomic mass is 10.1. The summed E-state index contributed by atoms with van der Waals surface area (Å²) in [4.78, 5) is 12.2. The molecule has 144 valence electrons. The van der Waals surface area contributed by atoms with E-state index in [2.05, 4.69) is 39.8 Å². The average molecular weight is 440 g/mol. The van der Waals surface area contributed by atoms with Crippen LogP contribution in [-0.2, 0) is 4.79 Å². The molecule has 0 fully saturated rings. The first-order valence-corrected chi connectivity index (χ1v) is 10.5. The second-order valence-corrected chi connectivity index (χ2v) is 8.12. The Hall–Kier alpha value is -2.60. The SMILES string of the molecule is O=C(CSc1ccc(-c2ccc3ccccc3c2)nn1)Nc1cc(Cl)ccc1Cl. The quantitative estimate of drug-likeness (QED) is 0.368. The number of thioether (sulfide) groups is 1. The zero-order valence-electron chi connectivity index (χ0n) is 15.1. The van der Waals surface area contributed by atoms with Gasteiger partial charge in [0.15, 0.2) is 0 Å². The topological polar surface area (TPSA) is 54.9 Å². The molecule has 0 saturated heterocycles. The number of carbonyl (C=O) groups is 1. The minimum absolute atomic E-state index is 0.187. The summed E-state index contributed by atoms with van der Waals surface area (Å²) in [5.74, 6) is -0.00750. The van der Waals surface area contributed by atoms with Gasteiger partial charge in [-0.25, -0.2) is 0 Å². The van der Waals surface area contributed by atoms with Crippen molar-refractivity contribution < 1.29 is 4.79 Å². The molecule has 29 heavy (non-hydrogen) atoms. The van der Waals surface area contributed by atoms with E-state index in [4.69, 9.17) is 23.2 Å². The van der Waals surface area contributed by atoms with Crippen molar-refractivity contribution in [3.8, 4) is 11.3 Å². The van der Waals surface area contributed by atoms with Crippen molar-refractivity contribution in [2.24, 2.45) is 0 Å². The summed E-state index contributed by atoms with van der Waals surface area (Å²) in [7, 11) is 0. The number of rotatable bonds is 5. The van der Waals surface area contributed by atoms with Crippen molar-refractivity contribution in [2.45, 2.75) is 5.03 Å². The highest BCUT2D eigenvalue weighted by atomic mass is 35.5. The van der Waals surface area contributed by atoms with Crippen LogP contribution in [0, 0.1) is 0 Å². The normalized spacial score (nSPS) is 10.8. The molecule has 0 saturated carbocycles. The highest BCUT2D eigenvalue weighted by molar-refractivity contribution is 7.99. The molecule has 0 spiro atoms. The van der Waals surface area contributed by atoms with Gasteiger partial charge in [0.05, 0.1) is 22.2 Å². The summed E-state index contributed by atoms with van der Waals surface area (Å²) in [5.41, 5.74) is 2.28. The molecule has 0 bridgehead atoms. The van der Waals surface area contributed by atoms with Crippen LogP contribution in [-0.4, -0.2) is 21.9 Å². The van der Waals surface area contributed by atoms with Crippen molar-refractivity contribution in [3.63, 3.8) is 0 Å². The third kappa shape index (κ3) is 4.88. The molecule has 7 heteroatoms. The van der Waals surface area contributed by atoms with Gasteiger partial charge in [0.25, 0.3) is 0 Å². The first-order chi connectivity index (χ1) is 14.1. The standard InChI is InChI=1S/C22H15Cl2N3OS/c23-17-7-8-18(24)20(12-17)25-21(28)13-29-22-10-9-19(26-27-22)16-6-5-14-3-1-2-4-15(14)11-16/h1-12H,13H2,(H,25,28). The second kappa shape index (κ2) is 8.82. The Morgan fingerprint density at radius 1 is 0.897 bits per heavy atom. The maximum Gasteiger partial charge on any atom is 0.234 e. The van der Waals surface area contributed by atoms with Gasteiger partial charge < -0.3 is 5.32 Å². The van der Waals surface area contributed by atoms with Gasteiger partial charge in [-0.05, 0) is 47.2 Å². The predicted molar refractivity (Wildman–Crippen MR) is 121 cm³/mol. The monoisotopic (exact) mass is 439 g/mol. The average Bonchev–Trinajstić information content (AvgIpc) is 2.75. The first kappa shape index (κ1) is 19.7. The molecule has 1 aromatic heterocycles. The van der Waals surface area contributed by atoms with E-state index in [0.29, 0.717) is 20.8 Å². The van der Waals surface area contributed by atoms with Gasteiger partial charge in [-0.3, -0.25) is 4.79 Å². The van der Waals surface area contributed by atoms with E-state index in [1.807, 2.05) is 30.3 Å². The molecule has 0 aliphatic rings. The van der Waals surface area contributed by atoms with E-state index >= 15 is 0 Å². The molecular formula is C22H15Cl2N3OS. The molecule has 0 aliphatic carbocycles. The number of amides is 1. The summed E-state index contributed by atoms with van der Waals surface area (Å²) < 4.78 is 0. The van der Waals surface area contributed by atoms with E-state index in [0.717, 1.165) is 16.6 Å². The van der Waals surface area contributed by atoms with Crippen molar-refractivity contribution >= 4 is 57.3 Å². The highest BCUT2D eigenvalue weighted by Crippen LogP contribution is 2.27. The number of carbonyl (C=O) groups excluding carboxylic acids is 1. The van der Waals surface area contributed by atoms with Crippen molar-refractivity contribution in [1.29, 1.82) is 0 Å². The summed E-state index contributed by atoms with van der Waals surface area (Å²) in [6, 6.07) is 23.1. The van der Waals surface area contributed by atoms with E-state index < -0.39 is 0 Å². The molecule has 1 amide bonds. The largest absolute Gasteiger partial charge is 0.324 e. The second-order valence-electron chi connectivity index (χ2n) is 6.28. The fourth-order valence-electron chi connectivity index (χ4n) is 2.82. The third-order valence-electron chi connectivity index (χ3n) is 4.24. The number of nitrogens with zero attached hydrogens (tertiary/aromatic N) is 2. The molecule has 1 heterocycles. The van der Waals surface area contributed by atoms with Gasteiger partial charge in [0.1, 0.15) is 5.03 Å². The molecule has 4 nitrogen and oxygen atoms in total. The number of fused-ring (bicyclic) bond motifs is 1. The van der Waals surface area contributed by atoms with Gasteiger partial charge in [-0.2, -0.15) is 0 Å². The zero-order chi connectivity index (χ0) is 20.2. The molecule has 0 radical (unpaired) electrons. The van der Waals surface area contributed by atoms with Gasteiger partial charge in [0.2, 0.25) is 5.91 Å². The lowest BCUT2D eigenvalue weighted by Crippen LogP contribution is -2.14. The van der Waals surface area contributed by atoms with Crippen molar-refractivity contribution in [2.75, 3.05) is 11.1 Å². The molecule has 3 aromatic carbocycles. The predicted octanol–water partition coefficient (Wildman–Crippen LogP) is 6.33. The van der Waals surface area contributed by atoms with Crippen LogP contribution in [0.1, 0.15) is 0 Å². The van der Waals surface area contributed by atoms with Crippen LogP contribution >= 0.6 is 35.0 Å². The lowest BCUT2D eigenvalue weighted by Gasteiger charge is -2.07. The summed E-state index contributed by atoms with van der Waals surface area (Å²) >= 11 is 13.3. The smallest absolute Gasteiger partial charge is 0.234 e. The molecular weight excluding hydrogens is 425 g/mol. The molecule has 0 unspecified atom stereocenters. The minimum Gasteiger partial charge on any atom is -0.324 e. The van der Waals surface area contributed by atoms with Crippen LogP contribution in [0.15, 0.2) is 77.8 Å². The molecule has 0 aliphatic heterocycles. The molecule has 4 rings (SSSR count). The Morgan fingerprint density at radius 2 is 1.72 bits per heavy atom. The van der Waals surface area contributed by atoms with Crippen LogP contribution in [0.4, 0.5) is 5.69 Å². The number of nitrogens with one attached hydrogen (secondary N) is 1. The summed E-state index contributed by atoms with van der Waals surface area (Å²) in [6.07, 6.45) is 0. The number of hydrogen-bond donors (Lipinski definition) is 1. The molecule has 1 N–H and O–H groups in total. The summed E-state index contributed by atoms with van der Waals surface area (Å²) in [5, 5.41) is 15.2. The van der Waals surface area contributed by atoms with Crippen LogP contribution in [0.5, 0.6) is 0 Å². The first-order valence-electron chi connectivity index (χ1n) is 8.79. The summed E-state index contributed by atoms with van der Waals surface area (Å²) in [6.45, 7) is 0. The Labute approximate surface area is 182 Å². The minimum atomic E-state index is -0.195. The Bertz CT molecular complexity index is 1180. The number of halogens is 2. The number of anilines is 1. The van der Waals surface area contributed by atoms with Crippen LogP contribution in [0.25, 0.3) is 22.0 Å². The van der Waals surface area contributed by atoms with E-state index in [1.54, 1.807) is 18.2 Å². The fraction of sp³-hybridized carbons (Fsp3) is 0.0455. The van der Waals surface area contributed by atoms with Crippen molar-refractivity contribution in [1.82, 2.24) is 10.2 Å². The van der Waals surface area contributed by atoms with Crippen LogP contribution in [0.2, 0.25) is 10.0 Å². The fourth-order valence-corrected chi connectivity index (χ4v) is 3.77. The van der Waals surface area contributed by atoms with Gasteiger partial charge >= 0.3 is 0 Å². The maximum absolute atomic E-state index is 12.2. The lowest BCUT2D eigenvalue weighted by molar-refractivity contribution is -0.113. The third-order valence-corrected chi connectivity index (χ3v) is 5.72. The zero-order valence-corrected chi connectivity index (χ0v) is 17.4. The number of hydrogen-bond acceptors (Lipinski definition) is 4. The molecule has 4 aromatic rings. The van der Waals surface area contributed by atoms with E-state index in [1.165, 1.54) is 17.1 Å². The van der Waals surface area contributed by atoms with Crippen LogP contribution < -0.4 is 5.32 Å². The van der Waals surface area contributed by atoms with E-state index in [-0.39, 0.29) is 11.7 Å². The van der Waals surface area contributed by atoms with Gasteiger partial charge in [0, 0.05) is 10.6 Å². The van der Waals surface area contributed by atoms with Gasteiger partial charge in [-0.15, -0.1) is 10.2 Å². The van der Waals surface area contributed by atoms with Gasteiger partial charge in [-0.1, -0.05) is 71.4 Å². The van der Waals surface area contributed by atoms with Crippen LogP contribution in [0.3, 0.4) is 0 Å². The number of benzene rings is 3.